The molecular weight excluding hydrogens is 146 g/mol. The highest BCUT2D eigenvalue weighted by Gasteiger charge is 1.91. The molecule has 0 unspecified atom stereocenters. The van der Waals surface area contributed by atoms with Crippen LogP contribution in [0.5, 0.6) is 0 Å². The molecule has 1 rings (SSSR count). The summed E-state index contributed by atoms with van der Waals surface area (Å²) in [5, 5.41) is 0.817. The van der Waals surface area contributed by atoms with Crippen molar-refractivity contribution in [2.45, 2.75) is 18.5 Å². The van der Waals surface area contributed by atoms with E-state index >= 15 is 0 Å². The minimum atomic E-state index is 0.817. The third kappa shape index (κ3) is 2.31. The predicted molar refractivity (Wildman–Crippen MR) is 40.8 cm³/mol. The van der Waals surface area contributed by atoms with Gasteiger partial charge in [0.25, 0.3) is 0 Å². The topological polar surface area (TPSA) is 38.7 Å². The number of hydrogen-bond donors (Lipinski definition) is 0. The van der Waals surface area contributed by atoms with Crippen molar-refractivity contribution in [2.75, 3.05) is 5.75 Å². The van der Waals surface area contributed by atoms with Gasteiger partial charge in [-0.2, -0.15) is 0 Å². The summed E-state index contributed by atoms with van der Waals surface area (Å²) in [6.45, 7) is 2.13. The predicted octanol–water partition coefficient (Wildman–Crippen LogP) is 1.37. The highest BCUT2D eigenvalue weighted by molar-refractivity contribution is 7.99. The molecule has 0 spiro atoms. The van der Waals surface area contributed by atoms with Crippen LogP contribution >= 0.6 is 11.8 Å². The van der Waals surface area contributed by atoms with Crippen molar-refractivity contribution in [1.29, 1.82) is 0 Å². The minimum Gasteiger partial charge on any atom is -0.225 e. The fraction of sp³-hybridized carbons (Fsp3) is 0.500. The summed E-state index contributed by atoms with van der Waals surface area (Å²) in [5.41, 5.74) is 0. The molecule has 0 saturated heterocycles. The van der Waals surface area contributed by atoms with Gasteiger partial charge >= 0.3 is 0 Å². The summed E-state index contributed by atoms with van der Waals surface area (Å²) in [7, 11) is 0. The maximum absolute atomic E-state index is 3.96. The van der Waals surface area contributed by atoms with Crippen molar-refractivity contribution in [3.63, 3.8) is 0 Å². The van der Waals surface area contributed by atoms with E-state index in [2.05, 4.69) is 21.9 Å². The van der Waals surface area contributed by atoms with Gasteiger partial charge in [-0.05, 0) is 6.42 Å². The van der Waals surface area contributed by atoms with E-state index in [9.17, 15) is 0 Å². The van der Waals surface area contributed by atoms with E-state index in [0.29, 0.717) is 0 Å². The second kappa shape index (κ2) is 4.22. The zero-order valence-electron chi connectivity index (χ0n) is 5.82. The van der Waals surface area contributed by atoms with Gasteiger partial charge in [-0.1, -0.05) is 18.7 Å². The van der Waals surface area contributed by atoms with E-state index in [1.807, 2.05) is 0 Å². The van der Waals surface area contributed by atoms with Crippen molar-refractivity contribution in [2.24, 2.45) is 0 Å². The molecule has 0 aliphatic heterocycles. The van der Waals surface area contributed by atoms with Gasteiger partial charge in [0.15, 0.2) is 5.16 Å². The van der Waals surface area contributed by atoms with E-state index in [1.54, 1.807) is 11.8 Å². The molecule has 54 valence electrons. The summed E-state index contributed by atoms with van der Waals surface area (Å²) in [6.07, 6.45) is 4.19. The van der Waals surface area contributed by atoms with E-state index in [-0.39, 0.29) is 0 Å². The Bertz CT molecular complexity index is 178. The second-order valence-electron chi connectivity index (χ2n) is 1.77. The number of nitrogens with zero attached hydrogens (tertiary/aromatic N) is 3. The Morgan fingerprint density at radius 2 is 2.10 bits per heavy atom. The average Bonchev–Trinajstić information content (AvgIpc) is 2.03. The molecule has 1 aromatic rings. The normalized spacial score (nSPS) is 9.70. The van der Waals surface area contributed by atoms with E-state index in [0.717, 1.165) is 17.3 Å². The Balaban J connectivity index is 2.43. The van der Waals surface area contributed by atoms with Crippen molar-refractivity contribution < 1.29 is 0 Å². The Kier molecular flexibility index (Phi) is 3.15. The summed E-state index contributed by atoms with van der Waals surface area (Å²) >= 11 is 1.66. The molecule has 0 bridgehead atoms. The van der Waals surface area contributed by atoms with E-state index in [4.69, 9.17) is 0 Å². The monoisotopic (exact) mass is 155 g/mol. The number of hydrogen-bond acceptors (Lipinski definition) is 4. The molecule has 0 amide bonds. The van der Waals surface area contributed by atoms with Gasteiger partial charge in [0.2, 0.25) is 0 Å². The number of rotatable bonds is 3. The van der Waals surface area contributed by atoms with Gasteiger partial charge in [-0.25, -0.2) is 15.0 Å². The van der Waals surface area contributed by atoms with Crippen LogP contribution in [0.4, 0.5) is 0 Å². The van der Waals surface area contributed by atoms with Crippen LogP contribution in [0.2, 0.25) is 0 Å². The Morgan fingerprint density at radius 3 is 2.70 bits per heavy atom. The van der Waals surface area contributed by atoms with Gasteiger partial charge in [0.05, 0.1) is 0 Å². The maximum Gasteiger partial charge on any atom is 0.190 e. The van der Waals surface area contributed by atoms with Gasteiger partial charge in [-0.3, -0.25) is 0 Å². The molecule has 3 nitrogen and oxygen atoms in total. The highest BCUT2D eigenvalue weighted by atomic mass is 32.2. The summed E-state index contributed by atoms with van der Waals surface area (Å²) in [5.74, 6) is 1.07. The zero-order valence-corrected chi connectivity index (χ0v) is 6.64. The largest absolute Gasteiger partial charge is 0.225 e. The van der Waals surface area contributed by atoms with Crippen LogP contribution in [0.1, 0.15) is 13.3 Å². The fourth-order valence-corrected chi connectivity index (χ4v) is 1.13. The SMILES string of the molecule is CCCSc1ncncn1. The first kappa shape index (κ1) is 7.47. The molecule has 4 heteroatoms. The number of thioether (sulfide) groups is 1. The third-order valence-electron chi connectivity index (χ3n) is 0.905. The van der Waals surface area contributed by atoms with Crippen LogP contribution in [-0.2, 0) is 0 Å². The molecule has 0 aliphatic carbocycles. The lowest BCUT2D eigenvalue weighted by atomic mass is 10.6. The molecular formula is C6H9N3S. The third-order valence-corrected chi connectivity index (χ3v) is 1.99. The van der Waals surface area contributed by atoms with Crippen LogP contribution < -0.4 is 0 Å². The van der Waals surface area contributed by atoms with Gasteiger partial charge in [-0.15, -0.1) is 0 Å². The molecule has 0 atom stereocenters. The van der Waals surface area contributed by atoms with Crippen molar-refractivity contribution in [3.05, 3.63) is 12.7 Å². The first-order valence-corrected chi connectivity index (χ1v) is 4.17. The molecule has 0 saturated carbocycles. The lowest BCUT2D eigenvalue weighted by molar-refractivity contribution is 0.899. The van der Waals surface area contributed by atoms with Crippen LogP contribution in [0.25, 0.3) is 0 Å². The average molecular weight is 155 g/mol. The van der Waals surface area contributed by atoms with Gasteiger partial charge < -0.3 is 0 Å². The molecule has 1 aromatic heterocycles. The molecule has 0 fully saturated rings. The van der Waals surface area contributed by atoms with E-state index in [1.165, 1.54) is 12.7 Å². The Hall–Kier alpha value is -0.640. The quantitative estimate of drug-likeness (QED) is 0.618. The van der Waals surface area contributed by atoms with Crippen LogP contribution in [0, 0.1) is 0 Å². The fourth-order valence-electron chi connectivity index (χ4n) is 0.496. The smallest absolute Gasteiger partial charge is 0.190 e. The second-order valence-corrected chi connectivity index (χ2v) is 2.83. The molecule has 1 heterocycles. The van der Waals surface area contributed by atoms with Crippen LogP contribution in [-0.4, -0.2) is 20.7 Å². The highest BCUT2D eigenvalue weighted by Crippen LogP contribution is 2.10. The molecule has 0 aliphatic rings. The summed E-state index contributed by atoms with van der Waals surface area (Å²) < 4.78 is 0. The molecule has 0 N–H and O–H groups in total. The standard InChI is InChI=1S/C6H9N3S/c1-2-3-10-6-8-4-7-5-9-6/h4-5H,2-3H2,1H3. The van der Waals surface area contributed by atoms with Crippen LogP contribution in [0.3, 0.4) is 0 Å². The number of aromatic nitrogens is 3. The zero-order chi connectivity index (χ0) is 7.23. The van der Waals surface area contributed by atoms with Crippen molar-refractivity contribution >= 4 is 11.8 Å². The molecule has 0 radical (unpaired) electrons. The Labute approximate surface area is 64.3 Å². The van der Waals surface area contributed by atoms with Crippen molar-refractivity contribution in [1.82, 2.24) is 15.0 Å². The molecule has 10 heavy (non-hydrogen) atoms. The lowest BCUT2D eigenvalue weighted by Gasteiger charge is -1.93. The van der Waals surface area contributed by atoms with Crippen LogP contribution in [0.15, 0.2) is 17.8 Å². The maximum atomic E-state index is 3.96. The first-order chi connectivity index (χ1) is 4.93. The first-order valence-electron chi connectivity index (χ1n) is 3.18. The summed E-state index contributed by atoms with van der Waals surface area (Å²) in [4.78, 5) is 11.6. The van der Waals surface area contributed by atoms with Gasteiger partial charge in [0, 0.05) is 5.75 Å². The molecule has 0 aromatic carbocycles. The van der Waals surface area contributed by atoms with E-state index < -0.39 is 0 Å². The minimum absolute atomic E-state index is 0.817. The lowest BCUT2D eigenvalue weighted by Crippen LogP contribution is -1.86. The summed E-state index contributed by atoms with van der Waals surface area (Å²) in [6, 6.07) is 0. The van der Waals surface area contributed by atoms with Gasteiger partial charge in [0.1, 0.15) is 12.7 Å². The Morgan fingerprint density at radius 1 is 1.40 bits per heavy atom. The van der Waals surface area contributed by atoms with Crippen molar-refractivity contribution in [3.8, 4) is 0 Å².